The van der Waals surface area contributed by atoms with Gasteiger partial charge in [-0.3, -0.25) is 0 Å². The number of nitrogens with one attached hydrogen (secondary N) is 2. The lowest BCUT2D eigenvalue weighted by Gasteiger charge is -2.36. The van der Waals surface area contributed by atoms with Gasteiger partial charge in [0.1, 0.15) is 6.04 Å². The van der Waals surface area contributed by atoms with Crippen molar-refractivity contribution in [2.24, 2.45) is 0 Å². The van der Waals surface area contributed by atoms with Gasteiger partial charge in [-0.2, -0.15) is 0 Å². The first-order chi connectivity index (χ1) is 9.52. The second kappa shape index (κ2) is 5.95. The summed E-state index contributed by atoms with van der Waals surface area (Å²) in [7, 11) is 0. The highest BCUT2D eigenvalue weighted by atomic mass is 16.4. The summed E-state index contributed by atoms with van der Waals surface area (Å²) < 4.78 is 0. The third-order valence-corrected chi connectivity index (χ3v) is 3.53. The molecular formula is C11H18N4O5. The van der Waals surface area contributed by atoms with Gasteiger partial charge in [-0.25, -0.2) is 14.4 Å². The summed E-state index contributed by atoms with van der Waals surface area (Å²) in [5.41, 5.74) is 0. The van der Waals surface area contributed by atoms with Crippen molar-refractivity contribution in [2.45, 2.75) is 18.5 Å². The molecule has 112 valence electrons. The van der Waals surface area contributed by atoms with Crippen LogP contribution in [0.2, 0.25) is 0 Å². The third-order valence-electron chi connectivity index (χ3n) is 3.53. The molecule has 2 aliphatic rings. The average Bonchev–Trinajstić information content (AvgIpc) is 2.79. The number of fused-ring (bicyclic) bond motifs is 1. The number of carboxylic acid groups (broad SMARTS) is 1. The van der Waals surface area contributed by atoms with Crippen LogP contribution in [0.4, 0.5) is 9.59 Å². The number of piperazine rings is 1. The lowest BCUT2D eigenvalue weighted by molar-refractivity contribution is -0.139. The van der Waals surface area contributed by atoms with Gasteiger partial charge in [0, 0.05) is 39.2 Å². The summed E-state index contributed by atoms with van der Waals surface area (Å²) in [5.74, 6) is -1.18. The first-order valence-corrected chi connectivity index (χ1v) is 6.46. The largest absolute Gasteiger partial charge is 0.480 e. The molecule has 2 atom stereocenters. The number of hydrogen-bond donors (Lipinski definition) is 4. The zero-order chi connectivity index (χ0) is 14.7. The molecule has 2 saturated heterocycles. The summed E-state index contributed by atoms with van der Waals surface area (Å²) in [5, 5.41) is 22.8. The maximum atomic E-state index is 12.0. The minimum absolute atomic E-state index is 0.0372. The molecule has 0 bridgehead atoms. The Balaban J connectivity index is 1.90. The van der Waals surface area contributed by atoms with E-state index in [0.717, 1.165) is 0 Å². The molecule has 2 rings (SSSR count). The zero-order valence-corrected chi connectivity index (χ0v) is 10.9. The molecule has 0 aromatic heterocycles. The number of nitrogens with zero attached hydrogens (tertiary/aromatic N) is 2. The van der Waals surface area contributed by atoms with Gasteiger partial charge in [-0.1, -0.05) is 0 Å². The molecule has 2 aliphatic heterocycles. The van der Waals surface area contributed by atoms with E-state index < -0.39 is 18.0 Å². The number of aliphatic hydroxyl groups excluding tert-OH is 1. The second-order valence-corrected chi connectivity index (χ2v) is 4.83. The van der Waals surface area contributed by atoms with Gasteiger partial charge >= 0.3 is 18.0 Å². The van der Waals surface area contributed by atoms with Gasteiger partial charge < -0.3 is 30.6 Å². The van der Waals surface area contributed by atoms with Crippen LogP contribution in [0.1, 0.15) is 6.42 Å². The Morgan fingerprint density at radius 1 is 1.45 bits per heavy atom. The lowest BCUT2D eigenvalue weighted by atomic mass is 10.2. The van der Waals surface area contributed by atoms with E-state index >= 15 is 0 Å². The van der Waals surface area contributed by atoms with Crippen LogP contribution in [-0.4, -0.2) is 82.9 Å². The molecular weight excluding hydrogens is 268 g/mol. The molecule has 2 heterocycles. The summed E-state index contributed by atoms with van der Waals surface area (Å²) >= 11 is 0. The first-order valence-electron chi connectivity index (χ1n) is 6.46. The number of aliphatic carboxylic acids is 1. The molecule has 0 saturated carbocycles. The maximum absolute atomic E-state index is 12.0. The predicted octanol–water partition coefficient (Wildman–Crippen LogP) is -1.76. The fourth-order valence-electron chi connectivity index (χ4n) is 2.42. The lowest BCUT2D eigenvalue weighted by Crippen LogP contribution is -2.57. The maximum Gasteiger partial charge on any atom is 0.326 e. The van der Waals surface area contributed by atoms with E-state index in [-0.39, 0.29) is 25.1 Å². The number of hydrogen-bond acceptors (Lipinski definition) is 4. The van der Waals surface area contributed by atoms with Gasteiger partial charge in [0.15, 0.2) is 0 Å². The van der Waals surface area contributed by atoms with E-state index in [9.17, 15) is 14.4 Å². The van der Waals surface area contributed by atoms with E-state index in [2.05, 4.69) is 10.6 Å². The topological polar surface area (TPSA) is 122 Å². The average molecular weight is 286 g/mol. The second-order valence-electron chi connectivity index (χ2n) is 4.83. The summed E-state index contributed by atoms with van der Waals surface area (Å²) in [6.45, 7) is 1.34. The number of carboxylic acids is 1. The fourth-order valence-corrected chi connectivity index (χ4v) is 2.42. The van der Waals surface area contributed by atoms with E-state index in [4.69, 9.17) is 10.2 Å². The van der Waals surface area contributed by atoms with Crippen LogP contribution in [0, 0.1) is 0 Å². The van der Waals surface area contributed by atoms with Crippen molar-refractivity contribution >= 4 is 18.0 Å². The van der Waals surface area contributed by atoms with Crippen molar-refractivity contribution in [1.82, 2.24) is 20.4 Å². The fraction of sp³-hybridized carbons (Fsp3) is 0.727. The van der Waals surface area contributed by atoms with Crippen LogP contribution in [0.3, 0.4) is 0 Å². The molecule has 0 aliphatic carbocycles. The van der Waals surface area contributed by atoms with Crippen LogP contribution < -0.4 is 10.6 Å². The van der Waals surface area contributed by atoms with Gasteiger partial charge in [0.25, 0.3) is 0 Å². The van der Waals surface area contributed by atoms with E-state index in [1.54, 1.807) is 4.90 Å². The molecule has 0 aromatic rings. The van der Waals surface area contributed by atoms with Crippen LogP contribution in [0.25, 0.3) is 0 Å². The Morgan fingerprint density at radius 3 is 2.85 bits per heavy atom. The van der Waals surface area contributed by atoms with Crippen molar-refractivity contribution in [1.29, 1.82) is 0 Å². The summed E-state index contributed by atoms with van der Waals surface area (Å²) in [4.78, 5) is 37.5. The van der Waals surface area contributed by atoms with Crippen molar-refractivity contribution < 1.29 is 24.6 Å². The van der Waals surface area contributed by atoms with Crippen LogP contribution in [0.15, 0.2) is 0 Å². The van der Waals surface area contributed by atoms with Crippen LogP contribution >= 0.6 is 0 Å². The number of aliphatic hydroxyl groups is 1. The van der Waals surface area contributed by atoms with Gasteiger partial charge in [-0.15, -0.1) is 0 Å². The quantitative estimate of drug-likeness (QED) is 0.488. The first kappa shape index (κ1) is 14.4. The minimum atomic E-state index is -1.18. The van der Waals surface area contributed by atoms with Crippen LogP contribution in [0.5, 0.6) is 0 Å². The molecule has 9 nitrogen and oxygen atoms in total. The number of rotatable bonds is 4. The summed E-state index contributed by atoms with van der Waals surface area (Å²) in [6, 6.07) is -1.78. The van der Waals surface area contributed by atoms with Gasteiger partial charge in [-0.05, 0) is 0 Å². The number of urea groups is 2. The van der Waals surface area contributed by atoms with E-state index in [0.29, 0.717) is 26.2 Å². The highest BCUT2D eigenvalue weighted by Gasteiger charge is 2.37. The smallest absolute Gasteiger partial charge is 0.326 e. The number of carbonyl (C=O) groups is 3. The van der Waals surface area contributed by atoms with Gasteiger partial charge in [0.05, 0.1) is 6.04 Å². The SMILES string of the molecule is O=C(O)[C@H](CCO)NC(=O)N1CCN2C(=O)NCC2C1. The van der Waals surface area contributed by atoms with E-state index in [1.807, 2.05) is 0 Å². The standard InChI is InChI=1S/C11H18N4O5/c16-4-1-8(9(17)18)13-11(20)14-2-3-15-7(6-14)5-12-10(15)19/h7-8,16H,1-6H2,(H,12,19)(H,13,20)(H,17,18)/t7?,8-/m0/s1. The van der Waals surface area contributed by atoms with Crippen molar-refractivity contribution in [3.8, 4) is 0 Å². The normalized spacial score (nSPS) is 23.1. The molecule has 1 unspecified atom stereocenters. The Hall–Kier alpha value is -2.03. The zero-order valence-electron chi connectivity index (χ0n) is 10.9. The summed E-state index contributed by atoms with van der Waals surface area (Å²) in [6.07, 6.45) is -0.0372. The molecule has 2 fully saturated rings. The van der Waals surface area contributed by atoms with Gasteiger partial charge in [0.2, 0.25) is 0 Å². The molecule has 4 N–H and O–H groups in total. The van der Waals surface area contributed by atoms with Crippen molar-refractivity contribution in [3.63, 3.8) is 0 Å². The predicted molar refractivity (Wildman–Crippen MR) is 67.1 cm³/mol. The van der Waals surface area contributed by atoms with E-state index in [1.165, 1.54) is 4.90 Å². The molecule has 4 amide bonds. The van der Waals surface area contributed by atoms with Crippen molar-refractivity contribution in [3.05, 3.63) is 0 Å². The Morgan fingerprint density at radius 2 is 2.20 bits per heavy atom. The Labute approximate surface area is 115 Å². The monoisotopic (exact) mass is 286 g/mol. The minimum Gasteiger partial charge on any atom is -0.480 e. The third kappa shape index (κ3) is 2.93. The molecule has 0 aromatic carbocycles. The Bertz CT molecular complexity index is 416. The Kier molecular flexibility index (Phi) is 4.28. The molecule has 9 heteroatoms. The number of carbonyl (C=O) groups excluding carboxylic acids is 2. The highest BCUT2D eigenvalue weighted by Crippen LogP contribution is 2.14. The van der Waals surface area contributed by atoms with Crippen molar-refractivity contribution in [2.75, 3.05) is 32.8 Å². The number of amides is 4. The molecule has 0 radical (unpaired) electrons. The van der Waals surface area contributed by atoms with Crippen LogP contribution in [-0.2, 0) is 4.79 Å². The molecule has 0 spiro atoms. The molecule has 20 heavy (non-hydrogen) atoms. The highest BCUT2D eigenvalue weighted by molar-refractivity contribution is 5.83.